The van der Waals surface area contributed by atoms with Crippen LogP contribution in [0.25, 0.3) is 0 Å². The summed E-state index contributed by atoms with van der Waals surface area (Å²) < 4.78 is 57.8. The second-order valence-corrected chi connectivity index (χ2v) is 36.0. The van der Waals surface area contributed by atoms with Gasteiger partial charge in [0.15, 0.2) is 39.6 Å². The Morgan fingerprint density at radius 2 is 0.756 bits per heavy atom. The van der Waals surface area contributed by atoms with Crippen molar-refractivity contribution in [2.24, 2.45) is 0 Å². The van der Waals surface area contributed by atoms with Crippen molar-refractivity contribution in [1.82, 2.24) is 0 Å². The van der Waals surface area contributed by atoms with Crippen molar-refractivity contribution in [3.63, 3.8) is 0 Å². The van der Waals surface area contributed by atoms with E-state index in [1.165, 1.54) is 43.9 Å². The Morgan fingerprint density at radius 1 is 0.402 bits per heavy atom. The van der Waals surface area contributed by atoms with Crippen LogP contribution < -0.4 is 33.2 Å². The molecule has 82 heavy (non-hydrogen) atoms. The first-order chi connectivity index (χ1) is 39.3. The Kier molecular flexibility index (Phi) is 20.6. The molecule has 0 spiro atoms. The first-order valence-corrected chi connectivity index (χ1v) is 38.0. The third-order valence-electron chi connectivity index (χ3n) is 16.1. The van der Waals surface area contributed by atoms with Crippen LogP contribution in [0.1, 0.15) is 110 Å². The second kappa shape index (κ2) is 27.6. The number of hydrogen-bond donors (Lipinski definition) is 0. The van der Waals surface area contributed by atoms with Crippen LogP contribution in [-0.2, 0) is 36.6 Å². The number of hydrogen-bond acceptors (Lipinski definition) is 13. The highest BCUT2D eigenvalue weighted by Gasteiger charge is 2.40. The topological polar surface area (TPSA) is 144 Å². The highest BCUT2D eigenvalue weighted by Crippen LogP contribution is 2.47. The zero-order valence-corrected chi connectivity index (χ0v) is 52.4. The molecule has 2 saturated carbocycles. The largest absolute Gasteiger partial charge is 0.519 e. The van der Waals surface area contributed by atoms with Crippen LogP contribution in [0.5, 0.6) is 40.2 Å². The highest BCUT2D eigenvalue weighted by molar-refractivity contribution is 6.87. The summed E-state index contributed by atoms with van der Waals surface area (Å²) in [6.45, 7) is 13.4. The van der Waals surface area contributed by atoms with E-state index >= 15 is 0 Å². The Balaban J connectivity index is 0.763. The van der Waals surface area contributed by atoms with Crippen molar-refractivity contribution < 1.29 is 60.5 Å². The Morgan fingerprint density at radius 3 is 1.11 bits per heavy atom. The molecule has 0 N–H and O–H groups in total. The molecule has 436 valence electrons. The Hall–Kier alpha value is -6.70. The van der Waals surface area contributed by atoms with Gasteiger partial charge in [-0.1, -0.05) is 117 Å². The lowest BCUT2D eigenvalue weighted by Gasteiger charge is -2.39. The summed E-state index contributed by atoms with van der Waals surface area (Å²) in [6, 6.07) is 47.0. The lowest BCUT2D eigenvalue weighted by molar-refractivity contribution is 0.121. The first-order valence-electron chi connectivity index (χ1n) is 29.0. The first kappa shape index (κ1) is 61.4. The lowest BCUT2D eigenvalue weighted by atomic mass is 9.65. The van der Waals surface area contributed by atoms with E-state index in [0.29, 0.717) is 34.5 Å². The monoisotopic (exact) mass is 1170 g/mol. The summed E-state index contributed by atoms with van der Waals surface area (Å²) in [5.74, 6) is 2.70. The number of carbonyl (C=O) groups is 3. The number of rotatable bonds is 23. The van der Waals surface area contributed by atoms with Crippen LogP contribution in [-0.4, -0.2) is 65.0 Å². The predicted molar refractivity (Wildman–Crippen MR) is 327 cm³/mol. The number of carbonyl (C=O) groups excluding carboxylic acids is 3. The molecule has 0 bridgehead atoms. The average molecular weight is 1170 g/mol. The van der Waals surface area contributed by atoms with E-state index in [-0.39, 0.29) is 16.6 Å². The van der Waals surface area contributed by atoms with Gasteiger partial charge >= 0.3 is 27.0 Å². The summed E-state index contributed by atoms with van der Waals surface area (Å²) in [7, 11) is -2.31. The van der Waals surface area contributed by atoms with E-state index in [1.807, 2.05) is 60.7 Å². The van der Waals surface area contributed by atoms with Crippen molar-refractivity contribution in [1.29, 1.82) is 0 Å². The molecule has 0 radical (unpaired) electrons. The smallest absolute Gasteiger partial charge is 0.493 e. The van der Waals surface area contributed by atoms with Crippen LogP contribution in [0, 0.1) is 0 Å². The fourth-order valence-corrected chi connectivity index (χ4v) is 26.5. The molecule has 0 aromatic heterocycles. The molecular formula is C66H82O13Si3. The molecule has 2 aliphatic carbocycles. The van der Waals surface area contributed by atoms with Crippen molar-refractivity contribution in [3.8, 4) is 40.2 Å². The van der Waals surface area contributed by atoms with Gasteiger partial charge in [0.25, 0.3) is 0 Å². The van der Waals surface area contributed by atoms with Crippen LogP contribution >= 0.6 is 0 Å². The minimum Gasteiger partial charge on any atom is -0.493 e. The van der Waals surface area contributed by atoms with E-state index in [0.717, 1.165) is 98.6 Å². The predicted octanol–water partition coefficient (Wildman–Crippen LogP) is 17.2. The minimum atomic E-state index is -2.48. The van der Waals surface area contributed by atoms with Gasteiger partial charge in [0.1, 0.15) is 17.2 Å². The number of methoxy groups -OCH3 is 3. The van der Waals surface area contributed by atoms with Crippen LogP contribution in [0.15, 0.2) is 140 Å². The number of ether oxygens (including phenoxy) is 8. The van der Waals surface area contributed by atoms with Crippen LogP contribution in [0.3, 0.4) is 0 Å². The molecule has 16 heteroatoms. The average Bonchev–Trinajstić information content (AvgIpc) is 3.54. The van der Waals surface area contributed by atoms with Crippen LogP contribution in [0.4, 0.5) is 14.4 Å². The molecule has 0 heterocycles. The molecule has 6 aromatic rings. The van der Waals surface area contributed by atoms with Gasteiger partial charge in [-0.05, 0) is 197 Å². The summed E-state index contributed by atoms with van der Waals surface area (Å²) in [4.78, 5) is 37.8. The minimum absolute atomic E-state index is 0.0364. The van der Waals surface area contributed by atoms with Crippen molar-refractivity contribution in [2.45, 2.75) is 152 Å². The van der Waals surface area contributed by atoms with Gasteiger partial charge in [0.2, 0.25) is 0 Å². The van der Waals surface area contributed by atoms with E-state index < -0.39 is 43.7 Å². The Bertz CT molecular complexity index is 3060. The molecule has 2 aliphatic rings. The molecule has 0 saturated heterocycles. The number of aryl methyl sites for hydroxylation is 2. The van der Waals surface area contributed by atoms with Gasteiger partial charge in [-0.3, -0.25) is 0 Å². The standard InChI is InChI=1S/C66H82O13Si3/c1-70-60-47-49(25-39-58(60)76-63(68)74-56-35-29-52(30-36-56)65(41-15-11-16-42-65)51-23-13-10-14-24-51)21-19-45-80(4,5)78-82(8,9)79-81(6,7)46-20-22-50-26-40-59(61(48-50)71-2)77-64(69)75-57-37-31-54(32-38-57)66(43-17-12-18-44-66)53-27-33-55(34-28-53)73-62(67)72-3/h10,13-14,23-40,47-48H,11-12,15-22,41-46H2,1-9H3. The van der Waals surface area contributed by atoms with Gasteiger partial charge in [-0.15, -0.1) is 0 Å². The van der Waals surface area contributed by atoms with Gasteiger partial charge in [0.05, 0.1) is 21.3 Å². The molecule has 2 fully saturated rings. The van der Waals surface area contributed by atoms with E-state index in [2.05, 4.69) is 86.5 Å². The summed E-state index contributed by atoms with van der Waals surface area (Å²) in [5.41, 5.74) is 6.71. The van der Waals surface area contributed by atoms with Crippen molar-refractivity contribution in [2.75, 3.05) is 21.3 Å². The van der Waals surface area contributed by atoms with Gasteiger partial charge in [0, 0.05) is 10.8 Å². The van der Waals surface area contributed by atoms with Gasteiger partial charge < -0.3 is 46.1 Å². The van der Waals surface area contributed by atoms with E-state index in [1.54, 1.807) is 50.6 Å². The highest BCUT2D eigenvalue weighted by atomic mass is 28.5. The second-order valence-electron chi connectivity index (χ2n) is 23.5. The third-order valence-corrected chi connectivity index (χ3v) is 27.6. The summed E-state index contributed by atoms with van der Waals surface area (Å²) in [6.07, 6.45) is 12.1. The summed E-state index contributed by atoms with van der Waals surface area (Å²) in [5, 5.41) is 0. The normalized spacial score (nSPS) is 15.1. The zero-order chi connectivity index (χ0) is 58.4. The summed E-state index contributed by atoms with van der Waals surface area (Å²) >= 11 is 0. The van der Waals surface area contributed by atoms with Gasteiger partial charge in [-0.25, -0.2) is 14.4 Å². The molecule has 0 aliphatic heterocycles. The maximum absolute atomic E-state index is 13.1. The maximum atomic E-state index is 13.1. The molecule has 8 rings (SSSR count). The Labute approximate surface area is 488 Å². The van der Waals surface area contributed by atoms with Crippen LogP contribution in [0.2, 0.25) is 51.4 Å². The fraction of sp³-hybridized carbons (Fsp3) is 0.409. The fourth-order valence-electron chi connectivity index (χ4n) is 12.4. The van der Waals surface area contributed by atoms with E-state index in [4.69, 9.17) is 41.4 Å². The molecular weight excluding hydrogens is 1080 g/mol. The van der Waals surface area contributed by atoms with Crippen molar-refractivity contribution in [3.05, 3.63) is 173 Å². The lowest BCUT2D eigenvalue weighted by Crippen LogP contribution is -2.52. The number of benzene rings is 6. The zero-order valence-electron chi connectivity index (χ0n) is 49.4. The molecule has 13 nitrogen and oxygen atoms in total. The maximum Gasteiger partial charge on any atom is 0.519 e. The molecule has 6 aromatic carbocycles. The quantitative estimate of drug-likeness (QED) is 0.0341. The van der Waals surface area contributed by atoms with Crippen molar-refractivity contribution >= 4 is 43.7 Å². The SMILES string of the molecule is COC(=O)Oc1ccc(C2(c3ccc(OC(=O)Oc4ccc(CCC[Si](C)(C)O[Si](C)(C)O[Si](C)(C)CCCc5ccc(OC(=O)Oc6ccc(C7(c8ccccc8)CCCCC7)cc6)c(OC)c5)cc4OC)cc3)CCCCC2)cc1. The molecule has 0 atom stereocenters. The van der Waals surface area contributed by atoms with E-state index in [9.17, 15) is 14.4 Å². The van der Waals surface area contributed by atoms with Gasteiger partial charge in [-0.2, -0.15) is 0 Å². The molecule has 0 amide bonds. The molecule has 0 unspecified atom stereocenters. The third kappa shape index (κ3) is 16.3.